The van der Waals surface area contributed by atoms with E-state index in [4.69, 9.17) is 9.47 Å². The molecule has 0 bridgehead atoms. The van der Waals surface area contributed by atoms with Crippen LogP contribution in [0.25, 0.3) is 0 Å². The molecule has 0 atom stereocenters. The maximum absolute atomic E-state index is 12.5. The number of aromatic nitrogens is 1. The van der Waals surface area contributed by atoms with Crippen molar-refractivity contribution in [1.29, 1.82) is 0 Å². The molecule has 1 saturated heterocycles. The number of aliphatic imine (C=N–C) groups is 2. The number of carbonyl (C=O) groups is 1. The van der Waals surface area contributed by atoms with Gasteiger partial charge in [0, 0.05) is 69.5 Å². The second kappa shape index (κ2) is 13.8. The van der Waals surface area contributed by atoms with E-state index in [2.05, 4.69) is 43.4 Å². The van der Waals surface area contributed by atoms with Gasteiger partial charge in [0.25, 0.3) is 0 Å². The zero-order valence-electron chi connectivity index (χ0n) is 21.0. The Kier molecular flexibility index (Phi) is 10.8. The number of hydrogen-bond acceptors (Lipinski definition) is 6. The summed E-state index contributed by atoms with van der Waals surface area (Å²) in [4.78, 5) is 28.4. The topological polar surface area (TPSA) is 91.7 Å². The van der Waals surface area contributed by atoms with Crippen LogP contribution in [0.4, 0.5) is 10.5 Å². The molecule has 2 amide bonds. The largest absolute Gasteiger partial charge is 0.496 e. The molecule has 0 radical (unpaired) electrons. The highest BCUT2D eigenvalue weighted by atomic mass is 16.5. The summed E-state index contributed by atoms with van der Waals surface area (Å²) in [6, 6.07) is 9.88. The Morgan fingerprint density at radius 2 is 1.91 bits per heavy atom. The molecule has 1 fully saturated rings. The fraction of sp³-hybridized carbons (Fsp3) is 0.440. The average molecular weight is 469 g/mol. The molecule has 0 aliphatic carbocycles. The third-order valence-electron chi connectivity index (χ3n) is 5.44. The number of nitrogens with one attached hydrogen (secondary N) is 1. The van der Waals surface area contributed by atoms with Crippen LogP contribution in [-0.2, 0) is 6.54 Å². The molecule has 1 aromatic heterocycles. The quantitative estimate of drug-likeness (QED) is 0.535. The maximum Gasteiger partial charge on any atom is 0.317 e. The fourth-order valence-corrected chi connectivity index (χ4v) is 3.44. The van der Waals surface area contributed by atoms with Crippen LogP contribution >= 0.6 is 0 Å². The highest BCUT2D eigenvalue weighted by Gasteiger charge is 2.22. The Morgan fingerprint density at radius 3 is 2.50 bits per heavy atom. The van der Waals surface area contributed by atoms with Crippen LogP contribution < -0.4 is 19.7 Å². The van der Waals surface area contributed by atoms with Gasteiger partial charge in [-0.05, 0) is 38.5 Å². The van der Waals surface area contributed by atoms with Crippen molar-refractivity contribution in [2.75, 3.05) is 52.3 Å². The highest BCUT2D eigenvalue weighted by Crippen LogP contribution is 2.25. The minimum absolute atomic E-state index is 0.0676. The first kappa shape index (κ1) is 26.6. The van der Waals surface area contributed by atoms with Gasteiger partial charge in [-0.3, -0.25) is 4.99 Å². The number of aryl methyl sites for hydroxylation is 1. The molecule has 0 unspecified atom stereocenters. The zero-order valence-corrected chi connectivity index (χ0v) is 21.0. The van der Waals surface area contributed by atoms with Gasteiger partial charge in [0.15, 0.2) is 0 Å². The lowest BCUT2D eigenvalue weighted by molar-refractivity contribution is 0.194. The monoisotopic (exact) mass is 468 g/mol. The van der Waals surface area contributed by atoms with Crippen LogP contribution in [0.5, 0.6) is 11.6 Å². The van der Waals surface area contributed by atoms with Gasteiger partial charge in [-0.25, -0.2) is 14.8 Å². The molecule has 9 nitrogen and oxygen atoms in total. The summed E-state index contributed by atoms with van der Waals surface area (Å²) in [7, 11) is 4.99. The Labute approximate surface area is 202 Å². The summed E-state index contributed by atoms with van der Waals surface area (Å²) in [5, 5.41) is 2.95. The Balaban J connectivity index is 0.000000509. The molecule has 3 rings (SSSR count). The summed E-state index contributed by atoms with van der Waals surface area (Å²) in [5.41, 5.74) is 3.10. The van der Waals surface area contributed by atoms with Crippen molar-refractivity contribution in [3.05, 3.63) is 47.7 Å². The zero-order chi connectivity index (χ0) is 24.9. The van der Waals surface area contributed by atoms with Crippen molar-refractivity contribution < 1.29 is 14.3 Å². The summed E-state index contributed by atoms with van der Waals surface area (Å²) in [6.45, 7) is 9.08. The van der Waals surface area contributed by atoms with E-state index in [1.54, 1.807) is 33.7 Å². The van der Waals surface area contributed by atoms with Gasteiger partial charge in [0.05, 0.1) is 14.2 Å². The van der Waals surface area contributed by atoms with E-state index in [1.807, 2.05) is 37.8 Å². The molecule has 0 spiro atoms. The number of amides is 2. The van der Waals surface area contributed by atoms with Gasteiger partial charge < -0.3 is 24.6 Å². The first-order valence-electron chi connectivity index (χ1n) is 11.3. The molecule has 2 aromatic rings. The third-order valence-corrected chi connectivity index (χ3v) is 5.44. The molecule has 0 saturated carbocycles. The Bertz CT molecular complexity index is 984. The number of methoxy groups -OCH3 is 2. The van der Waals surface area contributed by atoms with Crippen LogP contribution in [0.1, 0.15) is 25.0 Å². The minimum atomic E-state index is -0.0676. The number of pyridine rings is 1. The number of rotatable bonds is 5. The summed E-state index contributed by atoms with van der Waals surface area (Å²) >= 11 is 0. The predicted octanol–water partition coefficient (Wildman–Crippen LogP) is 3.56. The van der Waals surface area contributed by atoms with E-state index in [0.717, 1.165) is 41.5 Å². The van der Waals surface area contributed by atoms with Crippen molar-refractivity contribution in [3.63, 3.8) is 0 Å². The SMILES string of the molecule is CC=NC(C)=NC.COc1cc(N2CCN(C(=O)NCc3cccnc3OC)CC2)ccc1C. The number of urea groups is 1. The van der Waals surface area contributed by atoms with E-state index < -0.39 is 0 Å². The number of hydrogen-bond donors (Lipinski definition) is 1. The van der Waals surface area contributed by atoms with Crippen LogP contribution in [0.3, 0.4) is 0 Å². The number of carbonyl (C=O) groups excluding carboxylic acids is 1. The van der Waals surface area contributed by atoms with Gasteiger partial charge >= 0.3 is 6.03 Å². The van der Waals surface area contributed by atoms with Crippen LogP contribution in [0.2, 0.25) is 0 Å². The molecule has 1 aromatic carbocycles. The van der Waals surface area contributed by atoms with Gasteiger partial charge in [0.2, 0.25) is 5.88 Å². The molecular formula is C25H36N6O3. The van der Waals surface area contributed by atoms with Crippen molar-refractivity contribution in [2.24, 2.45) is 9.98 Å². The Morgan fingerprint density at radius 1 is 1.18 bits per heavy atom. The van der Waals surface area contributed by atoms with Crippen molar-refractivity contribution >= 4 is 23.8 Å². The second-order valence-corrected chi connectivity index (χ2v) is 7.62. The second-order valence-electron chi connectivity index (χ2n) is 7.62. The summed E-state index contributed by atoms with van der Waals surface area (Å²) < 4.78 is 10.6. The molecule has 1 aliphatic heterocycles. The summed E-state index contributed by atoms with van der Waals surface area (Å²) in [5.74, 6) is 2.25. The lowest BCUT2D eigenvalue weighted by Gasteiger charge is -2.36. The van der Waals surface area contributed by atoms with Crippen molar-refractivity contribution in [3.8, 4) is 11.6 Å². The number of anilines is 1. The normalized spacial score (nSPS) is 13.9. The Hall–Kier alpha value is -3.62. The van der Waals surface area contributed by atoms with Gasteiger partial charge in [0.1, 0.15) is 11.6 Å². The first-order valence-corrected chi connectivity index (χ1v) is 11.3. The number of benzene rings is 1. The first-order chi connectivity index (χ1) is 16.4. The van der Waals surface area contributed by atoms with Crippen molar-refractivity contribution in [1.82, 2.24) is 15.2 Å². The van der Waals surface area contributed by atoms with Crippen LogP contribution in [-0.4, -0.2) is 75.4 Å². The van der Waals surface area contributed by atoms with Crippen LogP contribution in [0, 0.1) is 6.92 Å². The molecular weight excluding hydrogens is 432 g/mol. The highest BCUT2D eigenvalue weighted by molar-refractivity contribution is 5.86. The average Bonchev–Trinajstić information content (AvgIpc) is 2.88. The molecule has 1 aliphatic rings. The van der Waals surface area contributed by atoms with Crippen molar-refractivity contribution in [2.45, 2.75) is 27.3 Å². The summed E-state index contributed by atoms with van der Waals surface area (Å²) in [6.07, 6.45) is 3.39. The lowest BCUT2D eigenvalue weighted by atomic mass is 10.1. The number of ether oxygens (including phenoxy) is 2. The molecule has 9 heteroatoms. The maximum atomic E-state index is 12.5. The standard InChI is InChI=1S/C20H26N4O3.C5H10N2/c1-15-6-7-17(13-18(15)26-2)23-9-11-24(12-10-23)20(25)22-14-16-5-4-8-21-19(16)27-3;1-4-7-5(2)6-3/h4-8,13H,9-12,14H2,1-3H3,(H,22,25);4H,1-3H3. The minimum Gasteiger partial charge on any atom is -0.496 e. The fourth-order valence-electron chi connectivity index (χ4n) is 3.44. The number of amidine groups is 1. The van der Waals surface area contributed by atoms with E-state index in [9.17, 15) is 4.79 Å². The van der Waals surface area contributed by atoms with Gasteiger partial charge in [-0.1, -0.05) is 12.1 Å². The smallest absolute Gasteiger partial charge is 0.317 e. The van der Waals surface area contributed by atoms with E-state index in [0.29, 0.717) is 25.5 Å². The third kappa shape index (κ3) is 7.75. The van der Waals surface area contributed by atoms with Gasteiger partial charge in [-0.15, -0.1) is 0 Å². The molecule has 184 valence electrons. The van der Waals surface area contributed by atoms with E-state index >= 15 is 0 Å². The molecule has 1 N–H and O–H groups in total. The molecule has 2 heterocycles. The molecule has 34 heavy (non-hydrogen) atoms. The number of piperazine rings is 1. The van der Waals surface area contributed by atoms with Crippen LogP contribution in [0.15, 0.2) is 46.5 Å². The lowest BCUT2D eigenvalue weighted by Crippen LogP contribution is -2.51. The van der Waals surface area contributed by atoms with E-state index in [-0.39, 0.29) is 6.03 Å². The van der Waals surface area contributed by atoms with E-state index in [1.165, 1.54) is 0 Å². The predicted molar refractivity (Wildman–Crippen MR) is 138 cm³/mol. The van der Waals surface area contributed by atoms with Gasteiger partial charge in [-0.2, -0.15) is 0 Å². The number of nitrogens with zero attached hydrogens (tertiary/aromatic N) is 5.